The van der Waals surface area contributed by atoms with Crippen LogP contribution in [-0.4, -0.2) is 30.4 Å². The first-order valence-corrected chi connectivity index (χ1v) is 7.15. The van der Waals surface area contributed by atoms with Crippen molar-refractivity contribution < 1.29 is 9.59 Å². The normalized spacial score (nSPS) is 17.4. The monoisotopic (exact) mass is 273 g/mol. The van der Waals surface area contributed by atoms with Crippen molar-refractivity contribution in [1.82, 2.24) is 10.6 Å². The van der Waals surface area contributed by atoms with Crippen LogP contribution in [0.25, 0.3) is 0 Å². The van der Waals surface area contributed by atoms with Crippen LogP contribution in [0.4, 0.5) is 5.69 Å². The molecule has 2 amide bonds. The maximum atomic E-state index is 12.1. The number of anilines is 1. The van der Waals surface area contributed by atoms with E-state index < -0.39 is 0 Å². The van der Waals surface area contributed by atoms with E-state index in [-0.39, 0.29) is 18.4 Å². The molecule has 1 aromatic carbocycles. The third-order valence-corrected chi connectivity index (χ3v) is 3.47. The molecule has 2 saturated carbocycles. The zero-order valence-electron chi connectivity index (χ0n) is 11.3. The summed E-state index contributed by atoms with van der Waals surface area (Å²) in [6.45, 7) is 0.199. The van der Waals surface area contributed by atoms with Crippen LogP contribution < -0.4 is 16.0 Å². The molecule has 2 aliphatic rings. The van der Waals surface area contributed by atoms with E-state index in [2.05, 4.69) is 16.0 Å². The molecular formula is C15H19N3O2. The molecule has 0 spiro atoms. The van der Waals surface area contributed by atoms with Crippen LogP contribution in [0.1, 0.15) is 36.0 Å². The van der Waals surface area contributed by atoms with Gasteiger partial charge in [0.15, 0.2) is 0 Å². The maximum absolute atomic E-state index is 12.1. The Morgan fingerprint density at radius 1 is 1.00 bits per heavy atom. The van der Waals surface area contributed by atoms with Crippen molar-refractivity contribution in [2.45, 2.75) is 37.8 Å². The van der Waals surface area contributed by atoms with E-state index in [1.165, 1.54) is 0 Å². The second-order valence-corrected chi connectivity index (χ2v) is 5.49. The van der Waals surface area contributed by atoms with Gasteiger partial charge in [0.1, 0.15) is 0 Å². The van der Waals surface area contributed by atoms with Gasteiger partial charge in [-0.25, -0.2) is 0 Å². The quantitative estimate of drug-likeness (QED) is 0.731. The molecule has 2 aliphatic carbocycles. The Balaban J connectivity index is 1.59. The molecule has 106 valence electrons. The summed E-state index contributed by atoms with van der Waals surface area (Å²) in [5, 5.41) is 8.92. The van der Waals surface area contributed by atoms with Gasteiger partial charge >= 0.3 is 0 Å². The third kappa shape index (κ3) is 3.50. The molecule has 1 aromatic rings. The molecule has 0 heterocycles. The van der Waals surface area contributed by atoms with E-state index in [1.54, 1.807) is 6.07 Å². The topological polar surface area (TPSA) is 70.2 Å². The smallest absolute Gasteiger partial charge is 0.253 e. The summed E-state index contributed by atoms with van der Waals surface area (Å²) in [5.74, 6) is -0.0943. The predicted molar refractivity (Wildman–Crippen MR) is 76.6 cm³/mol. The second-order valence-electron chi connectivity index (χ2n) is 5.49. The van der Waals surface area contributed by atoms with Gasteiger partial charge in [-0.2, -0.15) is 0 Å². The Morgan fingerprint density at radius 3 is 2.35 bits per heavy atom. The third-order valence-electron chi connectivity index (χ3n) is 3.47. The number of amides is 2. The zero-order valence-corrected chi connectivity index (χ0v) is 11.3. The largest absolute Gasteiger partial charge is 0.376 e. The molecule has 5 heteroatoms. The highest BCUT2D eigenvalue weighted by atomic mass is 16.2. The molecule has 2 fully saturated rings. The highest BCUT2D eigenvalue weighted by Gasteiger charge is 2.25. The number of carbonyl (C=O) groups excluding carboxylic acids is 2. The van der Waals surface area contributed by atoms with Crippen molar-refractivity contribution >= 4 is 17.5 Å². The Morgan fingerprint density at radius 2 is 1.65 bits per heavy atom. The molecule has 3 N–H and O–H groups in total. The van der Waals surface area contributed by atoms with Crippen LogP contribution in [-0.2, 0) is 4.79 Å². The molecule has 0 aliphatic heterocycles. The van der Waals surface area contributed by atoms with Crippen molar-refractivity contribution in [2.24, 2.45) is 0 Å². The summed E-state index contributed by atoms with van der Waals surface area (Å²) in [6, 6.07) is 7.98. The summed E-state index contributed by atoms with van der Waals surface area (Å²) < 4.78 is 0. The van der Waals surface area contributed by atoms with Crippen LogP contribution in [0.5, 0.6) is 0 Å². The Bertz CT molecular complexity index is 522. The number of benzene rings is 1. The van der Waals surface area contributed by atoms with Gasteiger partial charge in [-0.05, 0) is 37.8 Å². The van der Waals surface area contributed by atoms with Gasteiger partial charge in [0, 0.05) is 17.8 Å². The Labute approximate surface area is 118 Å². The van der Waals surface area contributed by atoms with Gasteiger partial charge in [0.05, 0.1) is 12.1 Å². The number of hydrogen-bond acceptors (Lipinski definition) is 3. The van der Waals surface area contributed by atoms with E-state index in [9.17, 15) is 9.59 Å². The second kappa shape index (κ2) is 5.53. The lowest BCUT2D eigenvalue weighted by molar-refractivity contribution is -0.119. The zero-order chi connectivity index (χ0) is 13.9. The van der Waals surface area contributed by atoms with E-state index >= 15 is 0 Å². The minimum absolute atomic E-state index is 0.0232. The summed E-state index contributed by atoms with van der Waals surface area (Å²) in [6.07, 6.45) is 4.27. The van der Waals surface area contributed by atoms with Crippen LogP contribution in [0.2, 0.25) is 0 Å². The molecule has 20 heavy (non-hydrogen) atoms. The van der Waals surface area contributed by atoms with Crippen LogP contribution in [0, 0.1) is 0 Å². The Kier molecular flexibility index (Phi) is 3.58. The van der Waals surface area contributed by atoms with E-state index in [1.807, 2.05) is 18.2 Å². The van der Waals surface area contributed by atoms with Gasteiger partial charge in [-0.15, -0.1) is 0 Å². The molecule has 0 atom stereocenters. The minimum Gasteiger partial charge on any atom is -0.376 e. The van der Waals surface area contributed by atoms with Gasteiger partial charge in [0.2, 0.25) is 5.91 Å². The summed E-state index contributed by atoms with van der Waals surface area (Å²) in [5.41, 5.74) is 1.30. The predicted octanol–water partition coefficient (Wildman–Crippen LogP) is 1.27. The van der Waals surface area contributed by atoms with Crippen molar-refractivity contribution in [2.75, 3.05) is 11.9 Å². The summed E-state index contributed by atoms with van der Waals surface area (Å²) in [7, 11) is 0. The fourth-order valence-electron chi connectivity index (χ4n) is 2.01. The first kappa shape index (κ1) is 13.0. The number of carbonyl (C=O) groups is 2. The first-order chi connectivity index (χ1) is 9.72. The molecule has 0 saturated heterocycles. The van der Waals surface area contributed by atoms with E-state index in [0.717, 1.165) is 25.7 Å². The van der Waals surface area contributed by atoms with Crippen LogP contribution >= 0.6 is 0 Å². The minimum atomic E-state index is -0.0711. The highest BCUT2D eigenvalue weighted by molar-refractivity contribution is 6.00. The van der Waals surface area contributed by atoms with Gasteiger partial charge < -0.3 is 16.0 Å². The lowest BCUT2D eigenvalue weighted by atomic mass is 10.1. The average molecular weight is 273 g/mol. The molecule has 0 bridgehead atoms. The van der Waals surface area contributed by atoms with Crippen molar-refractivity contribution in [1.29, 1.82) is 0 Å². The maximum Gasteiger partial charge on any atom is 0.253 e. The van der Waals surface area contributed by atoms with Gasteiger partial charge in [-0.1, -0.05) is 12.1 Å². The van der Waals surface area contributed by atoms with Crippen LogP contribution in [0.15, 0.2) is 24.3 Å². The molecule has 0 radical (unpaired) electrons. The van der Waals surface area contributed by atoms with E-state index in [4.69, 9.17) is 0 Å². The fourth-order valence-corrected chi connectivity index (χ4v) is 2.01. The number of rotatable bonds is 6. The molecule has 0 unspecified atom stereocenters. The van der Waals surface area contributed by atoms with E-state index in [0.29, 0.717) is 23.3 Å². The van der Waals surface area contributed by atoms with Crippen molar-refractivity contribution in [3.05, 3.63) is 29.8 Å². The summed E-state index contributed by atoms with van der Waals surface area (Å²) in [4.78, 5) is 23.8. The fraction of sp³-hybridized carbons (Fsp3) is 0.467. The lowest BCUT2D eigenvalue weighted by Gasteiger charge is -2.12. The standard InChI is InChI=1S/C15H19N3O2/c19-14(17-10-5-6-10)9-16-13-4-2-1-3-12(13)15(20)18-11-7-8-11/h1-4,10-11,16H,5-9H2,(H,17,19)(H,18,20). The number of nitrogens with one attached hydrogen (secondary N) is 3. The van der Waals surface area contributed by atoms with Gasteiger partial charge in [-0.3, -0.25) is 9.59 Å². The average Bonchev–Trinajstić information content (AvgIpc) is 3.33. The van der Waals surface area contributed by atoms with Crippen molar-refractivity contribution in [3.63, 3.8) is 0 Å². The molecular weight excluding hydrogens is 254 g/mol. The Hall–Kier alpha value is -2.04. The van der Waals surface area contributed by atoms with Crippen molar-refractivity contribution in [3.8, 4) is 0 Å². The first-order valence-electron chi connectivity index (χ1n) is 7.15. The van der Waals surface area contributed by atoms with Crippen LogP contribution in [0.3, 0.4) is 0 Å². The van der Waals surface area contributed by atoms with Gasteiger partial charge in [0.25, 0.3) is 5.91 Å². The number of hydrogen-bond donors (Lipinski definition) is 3. The molecule has 0 aromatic heterocycles. The molecule has 3 rings (SSSR count). The SMILES string of the molecule is O=C(CNc1ccccc1C(=O)NC1CC1)NC1CC1. The molecule has 5 nitrogen and oxygen atoms in total. The number of para-hydroxylation sites is 1. The highest BCUT2D eigenvalue weighted by Crippen LogP contribution is 2.21. The summed E-state index contributed by atoms with van der Waals surface area (Å²) >= 11 is 0. The lowest BCUT2D eigenvalue weighted by Crippen LogP contribution is -2.32.